The van der Waals surface area contributed by atoms with Crippen LogP contribution in [0.15, 0.2) is 41.3 Å². The number of aryl methyl sites for hydroxylation is 1. The number of thioether (sulfide) groups is 1. The highest BCUT2D eigenvalue weighted by Crippen LogP contribution is 2.24. The van der Waals surface area contributed by atoms with Crippen LogP contribution in [0.3, 0.4) is 0 Å². The second-order valence-electron chi connectivity index (χ2n) is 4.57. The number of hydrogen-bond acceptors (Lipinski definition) is 4. The third-order valence-corrected chi connectivity index (χ3v) is 5.12. The second kappa shape index (κ2) is 7.67. The first-order valence-electron chi connectivity index (χ1n) is 6.54. The van der Waals surface area contributed by atoms with Crippen LogP contribution in [0.2, 0.25) is 5.02 Å². The zero-order chi connectivity index (χ0) is 16.1. The van der Waals surface area contributed by atoms with Crippen molar-refractivity contribution in [3.63, 3.8) is 0 Å². The fourth-order valence-electron chi connectivity index (χ4n) is 1.61. The predicted octanol–water partition coefficient (Wildman–Crippen LogP) is 3.65. The van der Waals surface area contributed by atoms with E-state index < -0.39 is 0 Å². The van der Waals surface area contributed by atoms with Gasteiger partial charge in [0.25, 0.3) is 11.8 Å². The number of benzene rings is 1. The van der Waals surface area contributed by atoms with E-state index in [1.807, 2.05) is 25.1 Å². The molecule has 2 amide bonds. The minimum atomic E-state index is -0.341. The molecular weight excluding hydrogens is 340 g/mol. The van der Waals surface area contributed by atoms with Gasteiger partial charge in [-0.1, -0.05) is 11.6 Å². The van der Waals surface area contributed by atoms with Crippen molar-refractivity contribution >= 4 is 46.5 Å². The maximum atomic E-state index is 12.0. The molecule has 0 aliphatic carbocycles. The van der Waals surface area contributed by atoms with Gasteiger partial charge >= 0.3 is 0 Å². The summed E-state index contributed by atoms with van der Waals surface area (Å²) in [7, 11) is 0. The number of nitrogens with one attached hydrogen (secondary N) is 2. The molecule has 1 aromatic carbocycles. The zero-order valence-corrected chi connectivity index (χ0v) is 14.4. The molecule has 116 valence electrons. The lowest BCUT2D eigenvalue weighted by atomic mass is 10.4. The lowest BCUT2D eigenvalue weighted by Crippen LogP contribution is -2.44. The number of amides is 2. The topological polar surface area (TPSA) is 58.2 Å². The fourth-order valence-corrected chi connectivity index (χ4v) is 3.37. The standard InChI is InChI=1S/C15H15ClN2O2S2/c1-9-3-8-13(21-9)15(20)18-17-14(19)10(2)22-12-6-4-11(16)5-7-12/h3-8,10H,1-2H3,(H,17,19)(H,18,20). The van der Waals surface area contributed by atoms with Gasteiger partial charge in [-0.3, -0.25) is 20.4 Å². The smallest absolute Gasteiger partial charge is 0.272 e. The maximum Gasteiger partial charge on any atom is 0.279 e. The number of carbonyl (C=O) groups is 2. The molecule has 0 radical (unpaired) electrons. The van der Waals surface area contributed by atoms with Crippen LogP contribution in [0, 0.1) is 6.92 Å². The molecule has 2 N–H and O–H groups in total. The van der Waals surface area contributed by atoms with Crippen molar-refractivity contribution in [3.8, 4) is 0 Å². The van der Waals surface area contributed by atoms with Crippen molar-refractivity contribution < 1.29 is 9.59 Å². The van der Waals surface area contributed by atoms with Crippen LogP contribution in [0.1, 0.15) is 21.5 Å². The average molecular weight is 355 g/mol. The van der Waals surface area contributed by atoms with Crippen LogP contribution in [0.4, 0.5) is 0 Å². The summed E-state index contributed by atoms with van der Waals surface area (Å²) in [4.78, 5) is 26.4. The Morgan fingerprint density at radius 2 is 1.82 bits per heavy atom. The minimum absolute atomic E-state index is 0.262. The van der Waals surface area contributed by atoms with E-state index in [0.29, 0.717) is 9.90 Å². The Kier molecular flexibility index (Phi) is 5.88. The zero-order valence-electron chi connectivity index (χ0n) is 12.1. The first kappa shape index (κ1) is 16.9. The molecule has 1 heterocycles. The van der Waals surface area contributed by atoms with Gasteiger partial charge in [0.2, 0.25) is 0 Å². The Hall–Kier alpha value is -1.50. The Labute approximate surface area is 142 Å². The van der Waals surface area contributed by atoms with Crippen molar-refractivity contribution in [2.24, 2.45) is 0 Å². The SMILES string of the molecule is Cc1ccc(C(=O)NNC(=O)C(C)Sc2ccc(Cl)cc2)s1. The van der Waals surface area contributed by atoms with Crippen LogP contribution in [0.5, 0.6) is 0 Å². The molecule has 1 atom stereocenters. The van der Waals surface area contributed by atoms with Gasteiger partial charge in [-0.25, -0.2) is 0 Å². The average Bonchev–Trinajstić information content (AvgIpc) is 2.93. The Morgan fingerprint density at radius 1 is 1.14 bits per heavy atom. The summed E-state index contributed by atoms with van der Waals surface area (Å²) in [6.45, 7) is 3.70. The number of hydrogen-bond donors (Lipinski definition) is 2. The third-order valence-electron chi connectivity index (χ3n) is 2.76. The fraction of sp³-hybridized carbons (Fsp3) is 0.200. The maximum absolute atomic E-state index is 12.0. The number of halogens is 1. The van der Waals surface area contributed by atoms with Crippen molar-refractivity contribution in [1.82, 2.24) is 10.9 Å². The molecule has 1 unspecified atom stereocenters. The van der Waals surface area contributed by atoms with Gasteiger partial charge in [0.1, 0.15) is 0 Å². The summed E-state index contributed by atoms with van der Waals surface area (Å²) in [5.41, 5.74) is 4.87. The summed E-state index contributed by atoms with van der Waals surface area (Å²) >= 11 is 8.59. The summed E-state index contributed by atoms with van der Waals surface area (Å²) < 4.78 is 0. The molecule has 22 heavy (non-hydrogen) atoms. The van der Waals surface area contributed by atoms with Crippen molar-refractivity contribution in [3.05, 3.63) is 51.2 Å². The van der Waals surface area contributed by atoms with Gasteiger partial charge in [0, 0.05) is 14.8 Å². The molecular formula is C15H15ClN2O2S2. The third kappa shape index (κ3) is 4.76. The van der Waals surface area contributed by atoms with Gasteiger partial charge < -0.3 is 0 Å². The van der Waals surface area contributed by atoms with Crippen LogP contribution in [-0.2, 0) is 4.79 Å². The van der Waals surface area contributed by atoms with Crippen molar-refractivity contribution in [2.75, 3.05) is 0 Å². The molecule has 0 spiro atoms. The number of carbonyl (C=O) groups excluding carboxylic acids is 2. The Bertz CT molecular complexity index is 670. The molecule has 0 aliphatic rings. The van der Waals surface area contributed by atoms with Gasteiger partial charge in [0.05, 0.1) is 10.1 Å². The molecule has 0 bridgehead atoms. The van der Waals surface area contributed by atoms with E-state index in [1.54, 1.807) is 25.1 Å². The van der Waals surface area contributed by atoms with E-state index in [0.717, 1.165) is 9.77 Å². The lowest BCUT2D eigenvalue weighted by molar-refractivity contribution is -0.121. The molecule has 2 aromatic rings. The predicted molar refractivity (Wildman–Crippen MR) is 91.4 cm³/mol. The molecule has 0 saturated heterocycles. The summed E-state index contributed by atoms with van der Waals surface area (Å²) in [5.74, 6) is -0.572. The molecule has 7 heteroatoms. The highest BCUT2D eigenvalue weighted by molar-refractivity contribution is 8.00. The van der Waals surface area contributed by atoms with E-state index in [1.165, 1.54) is 23.1 Å². The lowest BCUT2D eigenvalue weighted by Gasteiger charge is -2.12. The summed E-state index contributed by atoms with van der Waals surface area (Å²) in [5, 5.41) is 0.312. The van der Waals surface area contributed by atoms with E-state index in [9.17, 15) is 9.59 Å². The Balaban J connectivity index is 1.83. The first-order chi connectivity index (χ1) is 10.5. The molecule has 0 aliphatic heterocycles. The molecule has 4 nitrogen and oxygen atoms in total. The molecule has 0 fully saturated rings. The molecule has 0 saturated carbocycles. The molecule has 2 rings (SSSR count). The van der Waals surface area contributed by atoms with Crippen LogP contribution in [-0.4, -0.2) is 17.1 Å². The number of rotatable bonds is 4. The van der Waals surface area contributed by atoms with Crippen molar-refractivity contribution in [2.45, 2.75) is 24.0 Å². The van der Waals surface area contributed by atoms with Gasteiger partial charge in [-0.2, -0.15) is 0 Å². The first-order valence-corrected chi connectivity index (χ1v) is 8.62. The van der Waals surface area contributed by atoms with Gasteiger partial charge in [0.15, 0.2) is 0 Å². The number of thiophene rings is 1. The highest BCUT2D eigenvalue weighted by atomic mass is 35.5. The van der Waals surface area contributed by atoms with E-state index in [-0.39, 0.29) is 17.1 Å². The quantitative estimate of drug-likeness (QED) is 0.650. The van der Waals surface area contributed by atoms with Crippen molar-refractivity contribution in [1.29, 1.82) is 0 Å². The van der Waals surface area contributed by atoms with Gasteiger partial charge in [-0.05, 0) is 50.2 Å². The van der Waals surface area contributed by atoms with E-state index in [4.69, 9.17) is 11.6 Å². The van der Waals surface area contributed by atoms with Gasteiger partial charge in [-0.15, -0.1) is 23.1 Å². The van der Waals surface area contributed by atoms with Crippen LogP contribution < -0.4 is 10.9 Å². The normalized spacial score (nSPS) is 11.8. The van der Waals surface area contributed by atoms with Crippen LogP contribution >= 0.6 is 34.7 Å². The van der Waals surface area contributed by atoms with Crippen LogP contribution in [0.25, 0.3) is 0 Å². The number of hydrazine groups is 1. The molecule has 1 aromatic heterocycles. The van der Waals surface area contributed by atoms with E-state index >= 15 is 0 Å². The minimum Gasteiger partial charge on any atom is -0.272 e. The summed E-state index contributed by atoms with van der Waals surface area (Å²) in [6.07, 6.45) is 0. The second-order valence-corrected chi connectivity index (χ2v) is 7.71. The monoisotopic (exact) mass is 354 g/mol. The van der Waals surface area contributed by atoms with E-state index in [2.05, 4.69) is 10.9 Å². The Morgan fingerprint density at radius 3 is 2.41 bits per heavy atom. The summed E-state index contributed by atoms with van der Waals surface area (Å²) in [6, 6.07) is 10.8. The highest BCUT2D eigenvalue weighted by Gasteiger charge is 2.16. The largest absolute Gasteiger partial charge is 0.279 e.